The predicted molar refractivity (Wildman–Crippen MR) is 89.6 cm³/mol. The van der Waals surface area contributed by atoms with E-state index in [2.05, 4.69) is 10.6 Å². The maximum Gasteiger partial charge on any atom is 0.253 e. The number of nitrogens with zero attached hydrogens (tertiary/aromatic N) is 1. The molecule has 0 bridgehead atoms. The van der Waals surface area contributed by atoms with Crippen LogP contribution in [-0.2, 0) is 0 Å². The smallest absolute Gasteiger partial charge is 0.253 e. The topological polar surface area (TPSA) is 44.4 Å². The third-order valence-electron chi connectivity index (χ3n) is 4.07. The summed E-state index contributed by atoms with van der Waals surface area (Å²) in [6.07, 6.45) is 0. The van der Waals surface area contributed by atoms with Gasteiger partial charge in [0.15, 0.2) is 0 Å². The molecule has 1 aliphatic rings. The Kier molecular flexibility index (Phi) is 4.39. The van der Waals surface area contributed by atoms with E-state index in [1.165, 1.54) is 0 Å². The summed E-state index contributed by atoms with van der Waals surface area (Å²) >= 11 is 0. The Morgan fingerprint density at radius 2 is 1.82 bits per heavy atom. The first-order valence-corrected chi connectivity index (χ1v) is 7.62. The molecule has 2 aromatic rings. The second-order valence-electron chi connectivity index (χ2n) is 5.65. The zero-order chi connectivity index (χ0) is 15.4. The molecular weight excluding hydrogens is 274 g/mol. The van der Waals surface area contributed by atoms with Crippen molar-refractivity contribution < 1.29 is 4.79 Å². The summed E-state index contributed by atoms with van der Waals surface area (Å²) in [5.41, 5.74) is 2.69. The summed E-state index contributed by atoms with van der Waals surface area (Å²) in [5.74, 6) is 0.549. The lowest BCUT2D eigenvalue weighted by molar-refractivity contribution is 0.0943. The number of nitrogens with one attached hydrogen (secondary N) is 2. The Bertz CT molecular complexity index is 638. The van der Waals surface area contributed by atoms with Crippen LogP contribution in [0.2, 0.25) is 0 Å². The van der Waals surface area contributed by atoms with Crippen LogP contribution in [0.25, 0.3) is 0 Å². The van der Waals surface area contributed by atoms with Crippen LogP contribution in [0.15, 0.2) is 54.6 Å². The number of rotatable bonds is 5. The first-order valence-electron chi connectivity index (χ1n) is 7.62. The Hall–Kier alpha value is -2.33. The predicted octanol–water partition coefficient (Wildman–Crippen LogP) is 2.40. The molecule has 0 aromatic heterocycles. The van der Waals surface area contributed by atoms with Crippen molar-refractivity contribution in [2.45, 2.75) is 0 Å². The highest BCUT2D eigenvalue weighted by Gasteiger charge is 2.19. The lowest BCUT2D eigenvalue weighted by Crippen LogP contribution is -2.48. The minimum atomic E-state index is -0.00900. The van der Waals surface area contributed by atoms with Crippen LogP contribution < -0.4 is 15.5 Å². The van der Waals surface area contributed by atoms with E-state index >= 15 is 0 Å². The molecule has 0 unspecified atom stereocenters. The molecule has 114 valence electrons. The van der Waals surface area contributed by atoms with Crippen LogP contribution in [-0.4, -0.2) is 32.6 Å². The van der Waals surface area contributed by atoms with E-state index in [0.717, 1.165) is 31.0 Å². The van der Waals surface area contributed by atoms with Crippen LogP contribution in [0, 0.1) is 5.92 Å². The van der Waals surface area contributed by atoms with Gasteiger partial charge in [0.05, 0.1) is 11.3 Å². The number of benzene rings is 2. The molecule has 1 aliphatic heterocycles. The third kappa shape index (κ3) is 3.12. The van der Waals surface area contributed by atoms with Gasteiger partial charge in [-0.15, -0.1) is 0 Å². The molecule has 0 spiro atoms. The van der Waals surface area contributed by atoms with E-state index in [1.54, 1.807) is 0 Å². The van der Waals surface area contributed by atoms with E-state index in [4.69, 9.17) is 0 Å². The quantitative estimate of drug-likeness (QED) is 0.890. The molecule has 1 amide bonds. The molecule has 22 heavy (non-hydrogen) atoms. The highest BCUT2D eigenvalue weighted by Crippen LogP contribution is 2.26. The number of hydrogen-bond acceptors (Lipinski definition) is 3. The number of amides is 1. The monoisotopic (exact) mass is 295 g/mol. The maximum atomic E-state index is 12.5. The van der Waals surface area contributed by atoms with Crippen LogP contribution in [0.4, 0.5) is 11.4 Å². The zero-order valence-electron chi connectivity index (χ0n) is 12.8. The second-order valence-corrected chi connectivity index (χ2v) is 5.65. The third-order valence-corrected chi connectivity index (χ3v) is 4.07. The van der Waals surface area contributed by atoms with Gasteiger partial charge in [-0.1, -0.05) is 30.3 Å². The first kappa shape index (κ1) is 14.6. The average molecular weight is 295 g/mol. The molecule has 3 rings (SSSR count). The summed E-state index contributed by atoms with van der Waals surface area (Å²) in [7, 11) is 1.98. The molecule has 0 atom stereocenters. The van der Waals surface area contributed by atoms with Gasteiger partial charge >= 0.3 is 0 Å². The van der Waals surface area contributed by atoms with Gasteiger partial charge in [-0.25, -0.2) is 0 Å². The minimum absolute atomic E-state index is 0.00900. The highest BCUT2D eigenvalue weighted by molar-refractivity contribution is 6.00. The Morgan fingerprint density at radius 1 is 1.14 bits per heavy atom. The number of hydrogen-bond donors (Lipinski definition) is 2. The number of carbonyl (C=O) groups excluding carboxylic acids is 1. The Labute approximate surface area is 131 Å². The van der Waals surface area contributed by atoms with Gasteiger partial charge < -0.3 is 15.5 Å². The molecule has 0 radical (unpaired) electrons. The van der Waals surface area contributed by atoms with E-state index in [1.807, 2.05) is 66.5 Å². The zero-order valence-corrected chi connectivity index (χ0v) is 12.8. The summed E-state index contributed by atoms with van der Waals surface area (Å²) in [5, 5.41) is 6.26. The van der Waals surface area contributed by atoms with Crippen molar-refractivity contribution in [3.63, 3.8) is 0 Å². The Balaban J connectivity index is 1.78. The fourth-order valence-electron chi connectivity index (χ4n) is 2.57. The lowest BCUT2D eigenvalue weighted by Gasteiger charge is -2.27. The summed E-state index contributed by atoms with van der Waals surface area (Å²) in [4.78, 5) is 14.5. The minimum Gasteiger partial charge on any atom is -0.352 e. The highest BCUT2D eigenvalue weighted by atomic mass is 16.1. The molecular formula is C18H21N3O. The lowest BCUT2D eigenvalue weighted by atomic mass is 10.0. The van der Waals surface area contributed by atoms with Gasteiger partial charge in [0, 0.05) is 38.3 Å². The molecule has 1 saturated heterocycles. The fraction of sp³-hybridized carbons (Fsp3) is 0.278. The Morgan fingerprint density at radius 3 is 2.50 bits per heavy atom. The van der Waals surface area contributed by atoms with Gasteiger partial charge in [-0.05, 0) is 24.3 Å². The standard InChI is InChI=1S/C18H21N3O/c1-21(15-7-3-2-4-8-15)17-10-6-5-9-16(17)18(22)20-13-14-11-19-12-14/h2-10,14,19H,11-13H2,1H3,(H,20,22). The van der Waals surface area contributed by atoms with Crippen molar-refractivity contribution in [1.82, 2.24) is 10.6 Å². The van der Waals surface area contributed by atoms with Crippen molar-refractivity contribution in [3.8, 4) is 0 Å². The second kappa shape index (κ2) is 6.62. The van der Waals surface area contributed by atoms with E-state index < -0.39 is 0 Å². The normalized spacial score (nSPS) is 14.2. The summed E-state index contributed by atoms with van der Waals surface area (Å²) in [6.45, 7) is 2.72. The molecule has 2 N–H and O–H groups in total. The molecule has 0 saturated carbocycles. The van der Waals surface area contributed by atoms with Crippen molar-refractivity contribution in [2.24, 2.45) is 5.92 Å². The fourth-order valence-corrected chi connectivity index (χ4v) is 2.57. The van der Waals surface area contributed by atoms with E-state index in [9.17, 15) is 4.79 Å². The number of carbonyl (C=O) groups is 1. The molecule has 0 aliphatic carbocycles. The van der Waals surface area contributed by atoms with Gasteiger partial charge in [0.2, 0.25) is 0 Å². The van der Waals surface area contributed by atoms with Crippen molar-refractivity contribution >= 4 is 17.3 Å². The van der Waals surface area contributed by atoms with Crippen molar-refractivity contribution in [2.75, 3.05) is 31.6 Å². The van der Waals surface area contributed by atoms with Crippen LogP contribution in [0.5, 0.6) is 0 Å². The van der Waals surface area contributed by atoms with Gasteiger partial charge in [0.1, 0.15) is 0 Å². The molecule has 4 heteroatoms. The maximum absolute atomic E-state index is 12.5. The molecule has 1 heterocycles. The van der Waals surface area contributed by atoms with Crippen LogP contribution in [0.3, 0.4) is 0 Å². The van der Waals surface area contributed by atoms with E-state index in [0.29, 0.717) is 11.5 Å². The first-order chi connectivity index (χ1) is 10.8. The average Bonchev–Trinajstić information content (AvgIpc) is 2.53. The number of anilines is 2. The molecule has 2 aromatic carbocycles. The van der Waals surface area contributed by atoms with Crippen LogP contribution >= 0.6 is 0 Å². The largest absolute Gasteiger partial charge is 0.352 e. The molecule has 4 nitrogen and oxygen atoms in total. The molecule has 1 fully saturated rings. The van der Waals surface area contributed by atoms with E-state index in [-0.39, 0.29) is 5.91 Å². The SMILES string of the molecule is CN(c1ccccc1)c1ccccc1C(=O)NCC1CNC1. The summed E-state index contributed by atoms with van der Waals surface area (Å²) < 4.78 is 0. The van der Waals surface area contributed by atoms with Gasteiger partial charge in [-0.2, -0.15) is 0 Å². The van der Waals surface area contributed by atoms with Gasteiger partial charge in [-0.3, -0.25) is 4.79 Å². The van der Waals surface area contributed by atoms with Gasteiger partial charge in [0.25, 0.3) is 5.91 Å². The van der Waals surface area contributed by atoms with Crippen molar-refractivity contribution in [1.29, 1.82) is 0 Å². The summed E-state index contributed by atoms with van der Waals surface area (Å²) in [6, 6.07) is 17.8. The number of para-hydroxylation sites is 2. The van der Waals surface area contributed by atoms with Crippen LogP contribution in [0.1, 0.15) is 10.4 Å². The van der Waals surface area contributed by atoms with Crippen molar-refractivity contribution in [3.05, 3.63) is 60.2 Å².